The normalized spacial score (nSPS) is 11.2. The summed E-state index contributed by atoms with van der Waals surface area (Å²) < 4.78 is 24.6. The van der Waals surface area contributed by atoms with Crippen LogP contribution in [0.1, 0.15) is 17.3 Å². The first-order valence-electron chi connectivity index (χ1n) is 5.56. The van der Waals surface area contributed by atoms with Gasteiger partial charge in [0, 0.05) is 18.8 Å². The lowest BCUT2D eigenvalue weighted by Crippen LogP contribution is -2.35. The number of nitrogens with one attached hydrogen (secondary N) is 2. The van der Waals surface area contributed by atoms with Crippen LogP contribution < -0.4 is 15.8 Å². The molecular weight excluding hydrogens is 254 g/mol. The number of carbonyl (C=O) groups excluding carboxylic acids is 1. The molecule has 1 aromatic rings. The van der Waals surface area contributed by atoms with E-state index in [-0.39, 0.29) is 24.7 Å². The van der Waals surface area contributed by atoms with Gasteiger partial charge in [0.1, 0.15) is 0 Å². The molecule has 0 aliphatic carbocycles. The fourth-order valence-corrected chi connectivity index (χ4v) is 1.90. The molecule has 0 aliphatic rings. The molecule has 100 valence electrons. The van der Waals surface area contributed by atoms with E-state index >= 15 is 0 Å². The number of hydrogen-bond donors (Lipinski definition) is 3. The maximum atomic E-state index is 11.7. The van der Waals surface area contributed by atoms with Crippen molar-refractivity contribution < 1.29 is 13.2 Å². The van der Waals surface area contributed by atoms with Crippen molar-refractivity contribution in [2.75, 3.05) is 24.6 Å². The molecule has 0 aliphatic heterocycles. The molecule has 0 saturated heterocycles. The van der Waals surface area contributed by atoms with E-state index in [0.29, 0.717) is 11.3 Å². The van der Waals surface area contributed by atoms with Gasteiger partial charge in [-0.1, -0.05) is 12.1 Å². The predicted octanol–water partition coefficient (Wildman–Crippen LogP) is -0.0621. The van der Waals surface area contributed by atoms with E-state index in [9.17, 15) is 13.2 Å². The van der Waals surface area contributed by atoms with Gasteiger partial charge in [0.25, 0.3) is 5.91 Å². The summed E-state index contributed by atoms with van der Waals surface area (Å²) in [6, 6.07) is 6.70. The molecule has 0 radical (unpaired) electrons. The molecule has 0 unspecified atom stereocenters. The third-order valence-corrected chi connectivity index (χ3v) is 3.72. The first-order chi connectivity index (χ1) is 8.46. The molecule has 0 aromatic heterocycles. The highest BCUT2D eigenvalue weighted by Gasteiger charge is 2.09. The van der Waals surface area contributed by atoms with E-state index in [4.69, 9.17) is 5.73 Å². The van der Waals surface area contributed by atoms with Gasteiger partial charge in [-0.05, 0) is 19.1 Å². The average molecular weight is 271 g/mol. The standard InChI is InChI=1S/C11H17N3O3S/c1-2-18(16,17)14-8-7-13-11(15)9-5-3-4-6-10(9)12/h3-6,14H,2,7-8,12H2,1H3,(H,13,15). The highest BCUT2D eigenvalue weighted by atomic mass is 32.2. The van der Waals surface area contributed by atoms with Crippen LogP contribution in [0.4, 0.5) is 5.69 Å². The number of hydrogen-bond acceptors (Lipinski definition) is 4. The Morgan fingerprint density at radius 3 is 2.56 bits per heavy atom. The monoisotopic (exact) mass is 271 g/mol. The Balaban J connectivity index is 2.42. The Kier molecular flexibility index (Phi) is 5.11. The smallest absolute Gasteiger partial charge is 0.253 e. The summed E-state index contributed by atoms with van der Waals surface area (Å²) in [6.45, 7) is 1.92. The number of benzene rings is 1. The fraction of sp³-hybridized carbons (Fsp3) is 0.364. The minimum Gasteiger partial charge on any atom is -0.398 e. The van der Waals surface area contributed by atoms with Gasteiger partial charge < -0.3 is 11.1 Å². The van der Waals surface area contributed by atoms with Crippen LogP contribution in [-0.2, 0) is 10.0 Å². The third kappa shape index (κ3) is 4.34. The number of rotatable bonds is 6. The zero-order valence-corrected chi connectivity index (χ0v) is 11.0. The first kappa shape index (κ1) is 14.5. The number of carbonyl (C=O) groups is 1. The molecule has 0 bridgehead atoms. The maximum absolute atomic E-state index is 11.7. The van der Waals surface area contributed by atoms with Crippen LogP contribution in [0.5, 0.6) is 0 Å². The van der Waals surface area contributed by atoms with Crippen LogP contribution in [-0.4, -0.2) is 33.2 Å². The molecule has 1 rings (SSSR count). The lowest BCUT2D eigenvalue weighted by Gasteiger charge is -2.08. The van der Waals surface area contributed by atoms with Crippen molar-refractivity contribution in [3.63, 3.8) is 0 Å². The number of sulfonamides is 1. The van der Waals surface area contributed by atoms with E-state index in [0.717, 1.165) is 0 Å². The molecule has 4 N–H and O–H groups in total. The molecule has 7 heteroatoms. The Morgan fingerprint density at radius 1 is 1.28 bits per heavy atom. The van der Waals surface area contributed by atoms with Crippen LogP contribution in [0, 0.1) is 0 Å². The molecule has 0 atom stereocenters. The highest BCUT2D eigenvalue weighted by Crippen LogP contribution is 2.09. The molecule has 1 amide bonds. The highest BCUT2D eigenvalue weighted by molar-refractivity contribution is 7.89. The third-order valence-electron chi connectivity index (χ3n) is 2.32. The van der Waals surface area contributed by atoms with Crippen LogP contribution in [0.25, 0.3) is 0 Å². The summed E-state index contributed by atoms with van der Waals surface area (Å²) in [5.41, 5.74) is 6.42. The molecule has 1 aromatic carbocycles. The zero-order valence-electron chi connectivity index (χ0n) is 10.1. The Labute approximate surface area is 107 Å². The zero-order chi connectivity index (χ0) is 13.6. The van der Waals surface area contributed by atoms with Crippen LogP contribution in [0.2, 0.25) is 0 Å². The largest absolute Gasteiger partial charge is 0.398 e. The van der Waals surface area contributed by atoms with Crippen LogP contribution in [0.15, 0.2) is 24.3 Å². The van der Waals surface area contributed by atoms with Gasteiger partial charge in [0.15, 0.2) is 0 Å². The molecular formula is C11H17N3O3S. The Morgan fingerprint density at radius 2 is 1.94 bits per heavy atom. The molecule has 18 heavy (non-hydrogen) atoms. The summed E-state index contributed by atoms with van der Waals surface area (Å²) in [7, 11) is -3.22. The molecule has 0 spiro atoms. The van der Waals surface area contributed by atoms with E-state index < -0.39 is 10.0 Å². The van der Waals surface area contributed by atoms with E-state index in [2.05, 4.69) is 10.0 Å². The summed E-state index contributed by atoms with van der Waals surface area (Å²) in [5.74, 6) is -0.296. The summed E-state index contributed by atoms with van der Waals surface area (Å²) >= 11 is 0. The Bertz CT molecular complexity index is 514. The molecule has 6 nitrogen and oxygen atoms in total. The van der Waals surface area contributed by atoms with Crippen molar-refractivity contribution in [1.29, 1.82) is 0 Å². The number of nitrogens with two attached hydrogens (primary N) is 1. The Hall–Kier alpha value is -1.60. The van der Waals surface area contributed by atoms with Crippen molar-refractivity contribution in [2.45, 2.75) is 6.92 Å². The minimum atomic E-state index is -3.22. The second-order valence-corrected chi connectivity index (χ2v) is 5.74. The van der Waals surface area contributed by atoms with Crippen LogP contribution in [0.3, 0.4) is 0 Å². The second kappa shape index (κ2) is 6.36. The van der Waals surface area contributed by atoms with Gasteiger partial charge in [-0.3, -0.25) is 4.79 Å². The maximum Gasteiger partial charge on any atom is 0.253 e. The van der Waals surface area contributed by atoms with Crippen molar-refractivity contribution in [1.82, 2.24) is 10.0 Å². The first-order valence-corrected chi connectivity index (χ1v) is 7.21. The summed E-state index contributed by atoms with van der Waals surface area (Å²) in [5, 5.41) is 2.59. The van der Waals surface area contributed by atoms with Gasteiger partial charge in [-0.25, -0.2) is 13.1 Å². The quantitative estimate of drug-likeness (QED) is 0.498. The van der Waals surface area contributed by atoms with Gasteiger partial charge in [-0.15, -0.1) is 0 Å². The lowest BCUT2D eigenvalue weighted by atomic mass is 10.2. The van der Waals surface area contributed by atoms with Gasteiger partial charge >= 0.3 is 0 Å². The predicted molar refractivity (Wildman–Crippen MR) is 70.7 cm³/mol. The fourth-order valence-electron chi connectivity index (χ4n) is 1.28. The topological polar surface area (TPSA) is 101 Å². The van der Waals surface area contributed by atoms with Crippen molar-refractivity contribution in [3.05, 3.63) is 29.8 Å². The number of nitrogen functional groups attached to an aromatic ring is 1. The lowest BCUT2D eigenvalue weighted by molar-refractivity contribution is 0.0955. The van der Waals surface area contributed by atoms with E-state index in [1.807, 2.05) is 0 Å². The SMILES string of the molecule is CCS(=O)(=O)NCCNC(=O)c1ccccc1N. The van der Waals surface area contributed by atoms with Crippen molar-refractivity contribution in [2.24, 2.45) is 0 Å². The van der Waals surface area contributed by atoms with Crippen LogP contribution >= 0.6 is 0 Å². The number of amides is 1. The summed E-state index contributed by atoms with van der Waals surface area (Å²) in [6.07, 6.45) is 0. The van der Waals surface area contributed by atoms with Gasteiger partial charge in [0.2, 0.25) is 10.0 Å². The van der Waals surface area contributed by atoms with E-state index in [1.54, 1.807) is 31.2 Å². The average Bonchev–Trinajstić information content (AvgIpc) is 2.35. The van der Waals surface area contributed by atoms with Crippen molar-refractivity contribution >= 4 is 21.6 Å². The van der Waals surface area contributed by atoms with Gasteiger partial charge in [0.05, 0.1) is 11.3 Å². The van der Waals surface area contributed by atoms with Crippen molar-refractivity contribution in [3.8, 4) is 0 Å². The van der Waals surface area contributed by atoms with Gasteiger partial charge in [-0.2, -0.15) is 0 Å². The second-order valence-electron chi connectivity index (χ2n) is 3.64. The number of anilines is 1. The minimum absolute atomic E-state index is 0.0204. The number of para-hydroxylation sites is 1. The summed E-state index contributed by atoms with van der Waals surface area (Å²) in [4.78, 5) is 11.7. The molecule has 0 heterocycles. The van der Waals surface area contributed by atoms with E-state index in [1.165, 1.54) is 0 Å². The molecule has 0 saturated carbocycles. The molecule has 0 fully saturated rings.